The van der Waals surface area contributed by atoms with Gasteiger partial charge in [0.25, 0.3) is 5.91 Å². The molecule has 0 bridgehead atoms. The van der Waals surface area contributed by atoms with Crippen LogP contribution < -0.4 is 20.1 Å². The maximum absolute atomic E-state index is 12.8. The first-order valence-electron chi connectivity index (χ1n) is 10.9. The van der Waals surface area contributed by atoms with E-state index in [4.69, 9.17) is 13.9 Å². The molecule has 1 heterocycles. The van der Waals surface area contributed by atoms with Crippen molar-refractivity contribution in [3.05, 3.63) is 59.5 Å². The lowest BCUT2D eigenvalue weighted by Gasteiger charge is -2.24. The van der Waals surface area contributed by atoms with Gasteiger partial charge in [-0.3, -0.25) is 9.59 Å². The van der Waals surface area contributed by atoms with Gasteiger partial charge in [-0.15, -0.1) is 0 Å². The lowest BCUT2D eigenvalue weighted by atomic mass is 9.85. The van der Waals surface area contributed by atoms with Crippen molar-refractivity contribution in [2.45, 2.75) is 32.7 Å². The van der Waals surface area contributed by atoms with Crippen LogP contribution in [0.5, 0.6) is 11.5 Å². The quantitative estimate of drug-likeness (QED) is 0.530. The number of anilines is 1. The van der Waals surface area contributed by atoms with Gasteiger partial charge in [0, 0.05) is 5.92 Å². The second kappa shape index (κ2) is 9.77. The molecular weight excluding hydrogens is 422 g/mol. The van der Waals surface area contributed by atoms with E-state index >= 15 is 0 Å². The van der Waals surface area contributed by atoms with E-state index in [-0.39, 0.29) is 24.3 Å². The highest BCUT2D eigenvalue weighted by Crippen LogP contribution is 2.32. The number of carbonyl (C=O) groups is 2. The summed E-state index contributed by atoms with van der Waals surface area (Å²) in [6, 6.07) is 12.4. The van der Waals surface area contributed by atoms with Crippen LogP contribution in [-0.2, 0) is 11.3 Å². The van der Waals surface area contributed by atoms with Crippen LogP contribution in [0.25, 0.3) is 11.5 Å². The predicted molar refractivity (Wildman–Crippen MR) is 123 cm³/mol. The number of hydrogen-bond acceptors (Lipinski definition) is 6. The second-order valence-corrected chi connectivity index (χ2v) is 7.93. The molecule has 1 aliphatic rings. The number of amides is 2. The summed E-state index contributed by atoms with van der Waals surface area (Å²) in [5.41, 5.74) is 2.32. The first kappa shape index (κ1) is 22.4. The average Bonchev–Trinajstić information content (AvgIpc) is 3.16. The molecule has 0 atom stereocenters. The highest BCUT2D eigenvalue weighted by molar-refractivity contribution is 5.97. The SMILES string of the molecule is COc1ccc(OC)c(C(=O)NCc2nc(-c3ccccc3NC(=O)C3CCC3)oc2C)c1. The summed E-state index contributed by atoms with van der Waals surface area (Å²) in [7, 11) is 3.05. The van der Waals surface area contributed by atoms with Gasteiger partial charge in [-0.1, -0.05) is 18.6 Å². The first-order chi connectivity index (χ1) is 16.0. The number of rotatable bonds is 8. The fourth-order valence-electron chi connectivity index (χ4n) is 3.64. The Labute approximate surface area is 192 Å². The molecule has 8 heteroatoms. The van der Waals surface area contributed by atoms with E-state index in [9.17, 15) is 9.59 Å². The van der Waals surface area contributed by atoms with Crippen LogP contribution in [0.1, 0.15) is 41.1 Å². The molecule has 4 rings (SSSR count). The molecule has 2 amide bonds. The van der Waals surface area contributed by atoms with E-state index in [2.05, 4.69) is 15.6 Å². The lowest BCUT2D eigenvalue weighted by Crippen LogP contribution is -2.28. The number of methoxy groups -OCH3 is 2. The Bertz CT molecular complexity index is 1170. The fraction of sp³-hybridized carbons (Fsp3) is 0.320. The normalized spacial score (nSPS) is 13.2. The van der Waals surface area contributed by atoms with E-state index in [1.807, 2.05) is 24.3 Å². The lowest BCUT2D eigenvalue weighted by molar-refractivity contribution is -0.122. The molecular formula is C25H27N3O5. The van der Waals surface area contributed by atoms with Gasteiger partial charge in [0.05, 0.1) is 37.6 Å². The van der Waals surface area contributed by atoms with Gasteiger partial charge in [0.15, 0.2) is 0 Å². The monoisotopic (exact) mass is 449 g/mol. The van der Waals surface area contributed by atoms with Crippen molar-refractivity contribution < 1.29 is 23.5 Å². The van der Waals surface area contributed by atoms with Gasteiger partial charge < -0.3 is 24.5 Å². The number of hydrogen-bond donors (Lipinski definition) is 2. The zero-order valence-electron chi connectivity index (χ0n) is 18.9. The summed E-state index contributed by atoms with van der Waals surface area (Å²) in [6.07, 6.45) is 2.94. The minimum absolute atomic E-state index is 0.0247. The van der Waals surface area contributed by atoms with Crippen molar-refractivity contribution in [2.75, 3.05) is 19.5 Å². The number of nitrogens with zero attached hydrogens (tertiary/aromatic N) is 1. The summed E-state index contributed by atoms with van der Waals surface area (Å²) >= 11 is 0. The molecule has 0 radical (unpaired) electrons. The van der Waals surface area contributed by atoms with Crippen LogP contribution in [0.15, 0.2) is 46.9 Å². The molecule has 1 saturated carbocycles. The summed E-state index contributed by atoms with van der Waals surface area (Å²) < 4.78 is 16.4. The van der Waals surface area contributed by atoms with Gasteiger partial charge in [0.2, 0.25) is 11.8 Å². The standard InChI is InChI=1S/C25H27N3O5/c1-15-21(14-26-24(30)19-13-17(31-2)11-12-22(19)32-3)28-25(33-15)18-9-4-5-10-20(18)27-23(29)16-7-6-8-16/h4-5,9-13,16H,6-8,14H2,1-3H3,(H,26,30)(H,27,29). The van der Waals surface area contributed by atoms with Crippen LogP contribution >= 0.6 is 0 Å². The van der Waals surface area contributed by atoms with Gasteiger partial charge >= 0.3 is 0 Å². The molecule has 0 aliphatic heterocycles. The Morgan fingerprint density at radius 1 is 1.12 bits per heavy atom. The van der Waals surface area contributed by atoms with Crippen LogP contribution in [-0.4, -0.2) is 31.0 Å². The Morgan fingerprint density at radius 3 is 2.61 bits per heavy atom. The van der Waals surface area contributed by atoms with Crippen LogP contribution in [0.3, 0.4) is 0 Å². The number of para-hydroxylation sites is 1. The van der Waals surface area contributed by atoms with E-state index in [0.717, 1.165) is 19.3 Å². The molecule has 2 aromatic carbocycles. The maximum atomic E-state index is 12.8. The van der Waals surface area contributed by atoms with Crippen molar-refractivity contribution in [2.24, 2.45) is 5.92 Å². The second-order valence-electron chi connectivity index (χ2n) is 7.93. The molecule has 1 fully saturated rings. The number of oxazole rings is 1. The first-order valence-corrected chi connectivity index (χ1v) is 10.9. The van der Waals surface area contributed by atoms with Gasteiger partial charge in [-0.2, -0.15) is 0 Å². The summed E-state index contributed by atoms with van der Waals surface area (Å²) in [6.45, 7) is 1.96. The third kappa shape index (κ3) is 4.84. The van der Waals surface area contributed by atoms with Crippen molar-refractivity contribution >= 4 is 17.5 Å². The third-order valence-corrected chi connectivity index (χ3v) is 5.85. The Kier molecular flexibility index (Phi) is 6.63. The molecule has 0 saturated heterocycles. The van der Waals surface area contributed by atoms with E-state index in [1.165, 1.54) is 14.2 Å². The van der Waals surface area contributed by atoms with E-state index < -0.39 is 0 Å². The molecule has 2 N–H and O–H groups in total. The van der Waals surface area contributed by atoms with E-state index in [1.54, 1.807) is 25.1 Å². The van der Waals surface area contributed by atoms with Crippen molar-refractivity contribution in [3.8, 4) is 23.0 Å². The zero-order valence-corrected chi connectivity index (χ0v) is 18.9. The van der Waals surface area contributed by atoms with Crippen LogP contribution in [0, 0.1) is 12.8 Å². The number of ether oxygens (including phenoxy) is 2. The largest absolute Gasteiger partial charge is 0.497 e. The van der Waals surface area contributed by atoms with E-state index in [0.29, 0.717) is 45.7 Å². The summed E-state index contributed by atoms with van der Waals surface area (Å²) in [5, 5.41) is 5.86. The molecule has 8 nitrogen and oxygen atoms in total. The topological polar surface area (TPSA) is 103 Å². The average molecular weight is 450 g/mol. The van der Waals surface area contributed by atoms with Gasteiger partial charge in [-0.05, 0) is 50.1 Å². The zero-order chi connectivity index (χ0) is 23.4. The maximum Gasteiger partial charge on any atom is 0.255 e. The highest BCUT2D eigenvalue weighted by Gasteiger charge is 2.26. The number of aryl methyl sites for hydroxylation is 1. The van der Waals surface area contributed by atoms with Crippen molar-refractivity contribution in [1.82, 2.24) is 10.3 Å². The number of carbonyl (C=O) groups excluding carboxylic acids is 2. The van der Waals surface area contributed by atoms with Crippen LogP contribution in [0.2, 0.25) is 0 Å². The summed E-state index contributed by atoms with van der Waals surface area (Å²) in [5.74, 6) is 1.76. The fourth-order valence-corrected chi connectivity index (χ4v) is 3.64. The van der Waals surface area contributed by atoms with Crippen molar-refractivity contribution in [3.63, 3.8) is 0 Å². The summed E-state index contributed by atoms with van der Waals surface area (Å²) in [4.78, 5) is 29.8. The van der Waals surface area contributed by atoms with Gasteiger partial charge in [-0.25, -0.2) is 4.98 Å². The molecule has 3 aromatic rings. The number of benzene rings is 2. The highest BCUT2D eigenvalue weighted by atomic mass is 16.5. The van der Waals surface area contributed by atoms with Gasteiger partial charge in [0.1, 0.15) is 23.0 Å². The molecule has 0 spiro atoms. The number of aromatic nitrogens is 1. The smallest absolute Gasteiger partial charge is 0.255 e. The molecule has 0 unspecified atom stereocenters. The Balaban J connectivity index is 1.50. The molecule has 1 aliphatic carbocycles. The third-order valence-electron chi connectivity index (χ3n) is 5.85. The molecule has 172 valence electrons. The molecule has 1 aromatic heterocycles. The minimum atomic E-state index is -0.317. The molecule has 33 heavy (non-hydrogen) atoms. The predicted octanol–water partition coefficient (Wildman–Crippen LogP) is 4.34. The van der Waals surface area contributed by atoms with Crippen LogP contribution in [0.4, 0.5) is 5.69 Å². The Hall–Kier alpha value is -3.81. The number of nitrogens with one attached hydrogen (secondary N) is 2. The van der Waals surface area contributed by atoms with Crippen molar-refractivity contribution in [1.29, 1.82) is 0 Å². The Morgan fingerprint density at radius 2 is 1.91 bits per heavy atom. The minimum Gasteiger partial charge on any atom is -0.497 e.